The number of hydrogen-bond acceptors (Lipinski definition) is 9. The Morgan fingerprint density at radius 2 is 1.06 bits per heavy atom. The van der Waals surface area contributed by atoms with Gasteiger partial charge in [-0.25, -0.2) is 37.5 Å². The molecule has 8 rings (SSSR count). The van der Waals surface area contributed by atoms with E-state index in [1.54, 1.807) is 12.1 Å². The Kier molecular flexibility index (Phi) is 9.64. The van der Waals surface area contributed by atoms with Crippen molar-refractivity contribution in [3.63, 3.8) is 0 Å². The van der Waals surface area contributed by atoms with Gasteiger partial charge in [-0.3, -0.25) is 24.5 Å². The van der Waals surface area contributed by atoms with E-state index in [-0.39, 0.29) is 74.8 Å². The van der Waals surface area contributed by atoms with Crippen molar-refractivity contribution in [3.8, 4) is 45.2 Å². The van der Waals surface area contributed by atoms with Gasteiger partial charge in [0.2, 0.25) is 11.8 Å². The Hall–Kier alpha value is -6.51. The Morgan fingerprint density at radius 1 is 0.538 bits per heavy atom. The average Bonchev–Trinajstić information content (AvgIpc) is 4.07. The predicted octanol–water partition coefficient (Wildman–Crippen LogP) is 7.06. The van der Waals surface area contributed by atoms with E-state index in [9.17, 15) is 27.2 Å². The molecule has 2 amide bonds. The molecule has 0 bridgehead atoms. The van der Waals surface area contributed by atoms with E-state index in [4.69, 9.17) is 0 Å². The maximum Gasteiger partial charge on any atom is 0.228 e. The first-order valence-corrected chi connectivity index (χ1v) is 16.2. The van der Waals surface area contributed by atoms with Crippen molar-refractivity contribution in [1.29, 1.82) is 0 Å². The molecule has 6 aromatic rings. The van der Waals surface area contributed by atoms with Gasteiger partial charge >= 0.3 is 0 Å². The normalized spacial score (nSPS) is 13.5. The van der Waals surface area contributed by atoms with Crippen LogP contribution in [0.15, 0.2) is 91.9 Å². The molecule has 15 heteroatoms. The number of carbonyl (C=O) groups is 2. The minimum absolute atomic E-state index is 0.00140. The maximum absolute atomic E-state index is 14.3. The highest BCUT2D eigenvalue weighted by Crippen LogP contribution is 2.35. The third kappa shape index (κ3) is 7.78. The number of pyridine rings is 3. The van der Waals surface area contributed by atoms with E-state index in [1.165, 1.54) is 61.2 Å². The van der Waals surface area contributed by atoms with Crippen LogP contribution >= 0.6 is 0 Å². The molecule has 52 heavy (non-hydrogen) atoms. The van der Waals surface area contributed by atoms with Crippen LogP contribution < -0.4 is 10.6 Å². The summed E-state index contributed by atoms with van der Waals surface area (Å²) in [6.45, 7) is 0. The largest absolute Gasteiger partial charge is 0.309 e. The second kappa shape index (κ2) is 14.8. The number of aromatic nitrogens is 7. The van der Waals surface area contributed by atoms with Gasteiger partial charge in [0, 0.05) is 40.9 Å². The quantitative estimate of drug-likeness (QED) is 0.159. The molecular weight excluding hydrogens is 678 g/mol. The third-order valence-corrected chi connectivity index (χ3v) is 8.10. The van der Waals surface area contributed by atoms with Crippen LogP contribution in [0, 0.1) is 35.1 Å². The van der Waals surface area contributed by atoms with Crippen LogP contribution in [0.1, 0.15) is 25.7 Å². The molecule has 1 aromatic carbocycles. The van der Waals surface area contributed by atoms with E-state index in [1.807, 2.05) is 0 Å². The summed E-state index contributed by atoms with van der Waals surface area (Å²) < 4.78 is 55.9. The summed E-state index contributed by atoms with van der Waals surface area (Å²) in [7, 11) is 0. The molecule has 2 N–H and O–H groups in total. The lowest BCUT2D eigenvalue weighted by atomic mass is 10.0. The summed E-state index contributed by atoms with van der Waals surface area (Å²) in [5, 5.41) is 5.38. The first-order chi connectivity index (χ1) is 25.2. The van der Waals surface area contributed by atoms with Crippen LogP contribution in [0.2, 0.25) is 0 Å². The third-order valence-electron chi connectivity index (χ3n) is 8.10. The zero-order valence-electron chi connectivity index (χ0n) is 27.1. The van der Waals surface area contributed by atoms with Gasteiger partial charge in [0.1, 0.15) is 28.7 Å². The number of carbonyl (C=O) groups excluding carboxylic acids is 2. The number of rotatable bonds is 8. The number of hydrogen-bond donors (Lipinski definition) is 2. The lowest BCUT2D eigenvalue weighted by Gasteiger charge is -2.12. The molecule has 0 aliphatic heterocycles. The Morgan fingerprint density at radius 3 is 1.56 bits per heavy atom. The summed E-state index contributed by atoms with van der Waals surface area (Å²) in [5.74, 6) is -2.00. The maximum atomic E-state index is 14.3. The molecule has 0 unspecified atom stereocenters. The molecule has 0 spiro atoms. The summed E-state index contributed by atoms with van der Waals surface area (Å²) >= 11 is 0. The minimum atomic E-state index is -0.589. The Balaban J connectivity index is 0.000000162. The molecule has 0 saturated heterocycles. The highest BCUT2D eigenvalue weighted by molar-refractivity contribution is 5.94. The second-order valence-corrected chi connectivity index (χ2v) is 12.0. The van der Waals surface area contributed by atoms with E-state index in [0.717, 1.165) is 44.3 Å². The van der Waals surface area contributed by atoms with Gasteiger partial charge < -0.3 is 10.6 Å². The SMILES string of the molecule is O=C(Nc1cnc(-c2ccncc2F)c(-c2ccc(F)cn2)n1)C1CC1.O=C(Nc1cnc(-c2ccncc2F)c(-c2ccccc2F)n1)C1CC1. The van der Waals surface area contributed by atoms with Gasteiger partial charge in [0.15, 0.2) is 23.3 Å². The van der Waals surface area contributed by atoms with Gasteiger partial charge in [-0.2, -0.15) is 0 Å². The fraction of sp³-hybridized carbons (Fsp3) is 0.162. The molecule has 0 atom stereocenters. The molecule has 2 fully saturated rings. The number of benzene rings is 1. The average molecular weight is 706 g/mol. The summed E-state index contributed by atoms with van der Waals surface area (Å²) in [4.78, 5) is 52.6. The van der Waals surface area contributed by atoms with Gasteiger partial charge in [0.25, 0.3) is 0 Å². The number of anilines is 2. The zero-order valence-corrected chi connectivity index (χ0v) is 27.1. The Labute approximate surface area is 293 Å². The Bertz CT molecular complexity index is 2280. The molecular formula is C37H27F4N9O2. The van der Waals surface area contributed by atoms with E-state index in [2.05, 4.69) is 45.5 Å². The first-order valence-electron chi connectivity index (χ1n) is 16.2. The van der Waals surface area contributed by atoms with E-state index < -0.39 is 23.3 Å². The number of nitrogens with zero attached hydrogens (tertiary/aromatic N) is 7. The lowest BCUT2D eigenvalue weighted by Crippen LogP contribution is -2.15. The molecule has 5 aromatic heterocycles. The van der Waals surface area contributed by atoms with Gasteiger partial charge in [0.05, 0.1) is 42.4 Å². The highest BCUT2D eigenvalue weighted by atomic mass is 19.1. The summed E-state index contributed by atoms with van der Waals surface area (Å²) in [6.07, 6.45) is 12.1. The smallest absolute Gasteiger partial charge is 0.228 e. The molecule has 5 heterocycles. The lowest BCUT2D eigenvalue weighted by molar-refractivity contribution is -0.118. The van der Waals surface area contributed by atoms with Crippen LogP contribution in [0.5, 0.6) is 0 Å². The van der Waals surface area contributed by atoms with Gasteiger partial charge in [-0.15, -0.1) is 0 Å². The summed E-state index contributed by atoms with van der Waals surface area (Å²) in [6, 6.07) is 11.6. The zero-order chi connectivity index (χ0) is 36.2. The fourth-order valence-corrected chi connectivity index (χ4v) is 5.11. The molecule has 11 nitrogen and oxygen atoms in total. The minimum Gasteiger partial charge on any atom is -0.309 e. The predicted molar refractivity (Wildman–Crippen MR) is 182 cm³/mol. The van der Waals surface area contributed by atoms with Gasteiger partial charge in [-0.1, -0.05) is 12.1 Å². The van der Waals surface area contributed by atoms with E-state index >= 15 is 0 Å². The molecule has 260 valence electrons. The van der Waals surface area contributed by atoms with Crippen molar-refractivity contribution >= 4 is 23.5 Å². The van der Waals surface area contributed by atoms with E-state index in [0.29, 0.717) is 5.69 Å². The number of halogens is 4. The van der Waals surface area contributed by atoms with Crippen LogP contribution in [0.3, 0.4) is 0 Å². The topological polar surface area (TPSA) is 148 Å². The monoisotopic (exact) mass is 705 g/mol. The second-order valence-electron chi connectivity index (χ2n) is 12.0. The van der Waals surface area contributed by atoms with Crippen molar-refractivity contribution < 1.29 is 27.2 Å². The van der Waals surface area contributed by atoms with Crippen LogP contribution in [-0.4, -0.2) is 46.7 Å². The standard InChI is InChI=1S/C19H14F2N4O.C18H13F2N5O/c20-14-4-2-1-3-12(14)18-17(13-7-8-22-9-15(13)21)23-10-16(24-18)25-19(26)11-5-6-11;19-11-3-4-14(22-7-11)17-16(12-5-6-21-8-13(12)20)23-9-15(24-17)25-18(26)10-1-2-10/h1-4,7-11H,5-6H2,(H,24,25,26);3-10H,1-2H2,(H,24,25,26). The van der Waals surface area contributed by atoms with Crippen molar-refractivity contribution in [2.45, 2.75) is 25.7 Å². The molecule has 2 aliphatic carbocycles. The van der Waals surface area contributed by atoms with Crippen LogP contribution in [-0.2, 0) is 9.59 Å². The molecule has 2 aliphatic rings. The summed E-state index contributed by atoms with van der Waals surface area (Å²) in [5.41, 5.74) is 1.64. The van der Waals surface area contributed by atoms with Crippen LogP contribution in [0.25, 0.3) is 45.2 Å². The number of amides is 2. The molecule has 2 saturated carbocycles. The van der Waals surface area contributed by atoms with Crippen molar-refractivity contribution in [2.75, 3.05) is 10.6 Å². The molecule has 0 radical (unpaired) electrons. The van der Waals surface area contributed by atoms with Crippen molar-refractivity contribution in [3.05, 3.63) is 115 Å². The number of nitrogens with one attached hydrogen (secondary N) is 2. The van der Waals surface area contributed by atoms with Crippen molar-refractivity contribution in [2.24, 2.45) is 11.8 Å². The first kappa shape index (κ1) is 34.0. The highest BCUT2D eigenvalue weighted by Gasteiger charge is 2.31. The fourth-order valence-electron chi connectivity index (χ4n) is 5.11. The van der Waals surface area contributed by atoms with Crippen molar-refractivity contribution in [1.82, 2.24) is 34.9 Å². The van der Waals surface area contributed by atoms with Gasteiger partial charge in [-0.05, 0) is 62.1 Å². The van der Waals surface area contributed by atoms with Crippen LogP contribution in [0.4, 0.5) is 29.2 Å².